The number of anilines is 1. The molecule has 0 aliphatic rings. The lowest BCUT2D eigenvalue weighted by molar-refractivity contribution is -0.116. The molecule has 0 radical (unpaired) electrons. The second-order valence-electron chi connectivity index (χ2n) is 2.45. The average Bonchev–Trinajstić information content (AvgIpc) is 2.34. The SMILES string of the molecule is CC(Cl)(Cl)C(=O)Nc1ccsc1Cl. The Kier molecular flexibility index (Phi) is 3.46. The van der Waals surface area contributed by atoms with Gasteiger partial charge < -0.3 is 5.32 Å². The topological polar surface area (TPSA) is 29.1 Å². The Hall–Kier alpha value is 0.0400. The number of hydrogen-bond acceptors (Lipinski definition) is 2. The third-order valence-corrected chi connectivity index (χ3v) is 2.78. The summed E-state index contributed by atoms with van der Waals surface area (Å²) in [6, 6.07) is 1.68. The third kappa shape index (κ3) is 3.02. The number of nitrogens with one attached hydrogen (secondary N) is 1. The molecule has 0 atom stereocenters. The quantitative estimate of drug-likeness (QED) is 0.808. The molecule has 0 fully saturated rings. The first-order valence-corrected chi connectivity index (χ1v) is 5.35. The van der Waals surface area contributed by atoms with Crippen LogP contribution in [0.15, 0.2) is 11.4 Å². The second kappa shape index (κ2) is 4.05. The van der Waals surface area contributed by atoms with Gasteiger partial charge in [0.15, 0.2) is 4.33 Å². The van der Waals surface area contributed by atoms with Gasteiger partial charge in [0.05, 0.1) is 5.69 Å². The van der Waals surface area contributed by atoms with Gasteiger partial charge >= 0.3 is 0 Å². The van der Waals surface area contributed by atoms with Gasteiger partial charge in [-0.05, 0) is 18.4 Å². The summed E-state index contributed by atoms with van der Waals surface area (Å²) in [5.41, 5.74) is 0.532. The Balaban J connectivity index is 2.71. The maximum absolute atomic E-state index is 11.3. The van der Waals surface area contributed by atoms with E-state index in [0.29, 0.717) is 10.0 Å². The molecule has 0 saturated carbocycles. The predicted molar refractivity (Wildman–Crippen MR) is 58.1 cm³/mol. The van der Waals surface area contributed by atoms with Gasteiger partial charge in [0.1, 0.15) is 4.34 Å². The van der Waals surface area contributed by atoms with Crippen molar-refractivity contribution in [2.75, 3.05) is 5.32 Å². The molecule has 13 heavy (non-hydrogen) atoms. The largest absolute Gasteiger partial charge is 0.321 e. The summed E-state index contributed by atoms with van der Waals surface area (Å²) in [7, 11) is 0. The Labute approximate surface area is 94.8 Å². The van der Waals surface area contributed by atoms with E-state index in [0.717, 1.165) is 0 Å². The fraction of sp³-hybridized carbons (Fsp3) is 0.286. The first-order valence-electron chi connectivity index (χ1n) is 3.33. The monoisotopic (exact) mass is 257 g/mol. The molecule has 6 heteroatoms. The van der Waals surface area contributed by atoms with Crippen LogP contribution in [0, 0.1) is 0 Å². The minimum atomic E-state index is -1.44. The van der Waals surface area contributed by atoms with Crippen LogP contribution < -0.4 is 5.32 Å². The van der Waals surface area contributed by atoms with Gasteiger partial charge in [-0.1, -0.05) is 34.8 Å². The number of hydrogen-bond donors (Lipinski definition) is 1. The number of thiophene rings is 1. The number of alkyl halides is 2. The number of halogens is 3. The fourth-order valence-corrected chi connectivity index (χ4v) is 1.54. The maximum atomic E-state index is 11.3. The Morgan fingerprint density at radius 3 is 2.62 bits per heavy atom. The van der Waals surface area contributed by atoms with Crippen LogP contribution in [0.5, 0.6) is 0 Å². The number of carbonyl (C=O) groups is 1. The van der Waals surface area contributed by atoms with E-state index in [1.54, 1.807) is 11.4 Å². The molecule has 72 valence electrons. The Bertz CT molecular complexity index is 318. The van der Waals surface area contributed by atoms with Crippen LogP contribution in [-0.2, 0) is 4.79 Å². The molecule has 1 aromatic heterocycles. The molecule has 0 saturated heterocycles. The van der Waals surface area contributed by atoms with Crippen molar-refractivity contribution in [1.29, 1.82) is 0 Å². The van der Waals surface area contributed by atoms with E-state index < -0.39 is 10.2 Å². The Morgan fingerprint density at radius 1 is 1.62 bits per heavy atom. The van der Waals surface area contributed by atoms with Gasteiger partial charge in [-0.15, -0.1) is 11.3 Å². The first-order chi connectivity index (χ1) is 5.91. The van der Waals surface area contributed by atoms with Crippen molar-refractivity contribution in [3.63, 3.8) is 0 Å². The summed E-state index contributed by atoms with van der Waals surface area (Å²) in [4.78, 5) is 11.3. The molecule has 1 rings (SSSR count). The normalized spacial score (nSPS) is 11.4. The second-order valence-corrected chi connectivity index (χ2v) is 5.67. The van der Waals surface area contributed by atoms with Gasteiger partial charge in [-0.3, -0.25) is 4.79 Å². The van der Waals surface area contributed by atoms with E-state index in [2.05, 4.69) is 5.32 Å². The molecule has 1 amide bonds. The fourth-order valence-electron chi connectivity index (χ4n) is 0.614. The van der Waals surface area contributed by atoms with E-state index in [9.17, 15) is 4.79 Å². The van der Waals surface area contributed by atoms with Crippen molar-refractivity contribution >= 4 is 57.7 Å². The maximum Gasteiger partial charge on any atom is 0.260 e. The zero-order chi connectivity index (χ0) is 10.1. The van der Waals surface area contributed by atoms with Crippen molar-refractivity contribution in [3.05, 3.63) is 15.8 Å². The summed E-state index contributed by atoms with van der Waals surface area (Å²) in [5, 5.41) is 4.27. The van der Waals surface area contributed by atoms with Gasteiger partial charge in [-0.25, -0.2) is 0 Å². The lowest BCUT2D eigenvalue weighted by Crippen LogP contribution is -2.29. The van der Waals surface area contributed by atoms with Crippen LogP contribution in [0.1, 0.15) is 6.92 Å². The highest BCUT2D eigenvalue weighted by atomic mass is 35.5. The smallest absolute Gasteiger partial charge is 0.260 e. The molecule has 1 N–H and O–H groups in total. The van der Waals surface area contributed by atoms with Crippen molar-refractivity contribution in [3.8, 4) is 0 Å². The summed E-state index contributed by atoms with van der Waals surface area (Å²) in [6.45, 7) is 1.39. The van der Waals surface area contributed by atoms with Crippen molar-refractivity contribution in [1.82, 2.24) is 0 Å². The van der Waals surface area contributed by atoms with E-state index in [1.165, 1.54) is 18.3 Å². The van der Waals surface area contributed by atoms with E-state index in [4.69, 9.17) is 34.8 Å². The highest BCUT2D eigenvalue weighted by Gasteiger charge is 2.27. The van der Waals surface area contributed by atoms with E-state index in [1.807, 2.05) is 0 Å². The minimum absolute atomic E-state index is 0.490. The molecule has 0 spiro atoms. The molecular formula is C7H6Cl3NOS. The minimum Gasteiger partial charge on any atom is -0.321 e. The van der Waals surface area contributed by atoms with Crippen LogP contribution >= 0.6 is 46.1 Å². The highest BCUT2D eigenvalue weighted by Crippen LogP contribution is 2.30. The van der Waals surface area contributed by atoms with Gasteiger partial charge in [0.25, 0.3) is 5.91 Å². The molecule has 0 aromatic carbocycles. The van der Waals surface area contributed by atoms with Gasteiger partial charge in [-0.2, -0.15) is 0 Å². The lowest BCUT2D eigenvalue weighted by Gasteiger charge is -2.12. The molecule has 0 bridgehead atoms. The van der Waals surface area contributed by atoms with Crippen LogP contribution in [0.2, 0.25) is 4.34 Å². The predicted octanol–water partition coefficient (Wildman–Crippen LogP) is 3.53. The molecular weight excluding hydrogens is 253 g/mol. The zero-order valence-electron chi connectivity index (χ0n) is 6.61. The Morgan fingerprint density at radius 2 is 2.23 bits per heavy atom. The number of carbonyl (C=O) groups excluding carboxylic acids is 1. The zero-order valence-corrected chi connectivity index (χ0v) is 9.69. The van der Waals surface area contributed by atoms with Crippen molar-refractivity contribution < 1.29 is 4.79 Å². The van der Waals surface area contributed by atoms with Crippen LogP contribution in [-0.4, -0.2) is 10.2 Å². The highest BCUT2D eigenvalue weighted by molar-refractivity contribution is 7.15. The number of amides is 1. The van der Waals surface area contributed by atoms with E-state index in [-0.39, 0.29) is 0 Å². The molecule has 1 aromatic rings. The lowest BCUT2D eigenvalue weighted by atomic mass is 10.4. The summed E-state index contributed by atoms with van der Waals surface area (Å²) in [6.07, 6.45) is 0. The molecule has 0 unspecified atom stereocenters. The van der Waals surface area contributed by atoms with Crippen molar-refractivity contribution in [2.45, 2.75) is 11.3 Å². The summed E-state index contributed by atoms with van der Waals surface area (Å²) in [5.74, 6) is -0.490. The first kappa shape index (κ1) is 11.1. The van der Waals surface area contributed by atoms with Crippen molar-refractivity contribution in [2.24, 2.45) is 0 Å². The summed E-state index contributed by atoms with van der Waals surface area (Å²) >= 11 is 18.2. The third-order valence-electron chi connectivity index (χ3n) is 1.26. The van der Waals surface area contributed by atoms with Crippen LogP contribution in [0.25, 0.3) is 0 Å². The van der Waals surface area contributed by atoms with Crippen LogP contribution in [0.3, 0.4) is 0 Å². The van der Waals surface area contributed by atoms with Gasteiger partial charge in [0.2, 0.25) is 0 Å². The molecule has 0 aliphatic carbocycles. The van der Waals surface area contributed by atoms with Gasteiger partial charge in [0, 0.05) is 0 Å². The number of rotatable bonds is 2. The standard InChI is InChI=1S/C7H6Cl3NOS/c1-7(9,10)6(12)11-4-2-3-13-5(4)8/h2-3H,1H3,(H,11,12). The summed E-state index contributed by atoms with van der Waals surface area (Å²) < 4.78 is -0.934. The van der Waals surface area contributed by atoms with E-state index >= 15 is 0 Å². The molecule has 2 nitrogen and oxygen atoms in total. The van der Waals surface area contributed by atoms with Crippen LogP contribution in [0.4, 0.5) is 5.69 Å². The average molecular weight is 259 g/mol. The molecule has 1 heterocycles. The molecule has 0 aliphatic heterocycles.